The van der Waals surface area contributed by atoms with Gasteiger partial charge in [0.2, 0.25) is 5.88 Å². The van der Waals surface area contributed by atoms with Crippen LogP contribution in [0.3, 0.4) is 0 Å². The normalized spacial score (nSPS) is 16.6. The minimum absolute atomic E-state index is 0.0137. The molecule has 2 N–H and O–H groups in total. The van der Waals surface area contributed by atoms with Crippen molar-refractivity contribution in [1.82, 2.24) is 24.7 Å². The van der Waals surface area contributed by atoms with Crippen LogP contribution in [0, 0.1) is 6.92 Å². The number of hydrogen-bond donors (Lipinski definition) is 2. The van der Waals surface area contributed by atoms with Gasteiger partial charge in [-0.25, -0.2) is 19.9 Å². The van der Waals surface area contributed by atoms with E-state index in [9.17, 15) is 8.42 Å². The molecule has 0 radical (unpaired) electrons. The van der Waals surface area contributed by atoms with Gasteiger partial charge in [0.25, 0.3) is 10.2 Å². The van der Waals surface area contributed by atoms with Crippen molar-refractivity contribution in [3.63, 3.8) is 0 Å². The summed E-state index contributed by atoms with van der Waals surface area (Å²) in [5.74, 6) is -1.52. The van der Waals surface area contributed by atoms with Gasteiger partial charge in [0.1, 0.15) is 19.4 Å². The Balaban J connectivity index is 2.20. The molecule has 32 heavy (non-hydrogen) atoms. The molecule has 3 aromatic rings. The third kappa shape index (κ3) is 6.84. The predicted molar refractivity (Wildman–Crippen MR) is 124 cm³/mol. The maximum Gasteiger partial charge on any atom is 0.316 e. The first-order valence-corrected chi connectivity index (χ1v) is 11.2. The molecule has 0 amide bonds. The smallest absolute Gasteiger partial charge is 0.316 e. The summed E-state index contributed by atoms with van der Waals surface area (Å²) in [5.41, 5.74) is -1.17. The highest BCUT2D eigenvalue weighted by molar-refractivity contribution is 9.10. The number of ether oxygens (including phenoxy) is 2. The zero-order valence-electron chi connectivity index (χ0n) is 26.7. The standard InChI is InChI=1S/C20H23BrN6O4S/c1-3-8-26-32(28,29)27-18-17(15-4-6-16(21)7-5-15)19(25-13-24-18)30-9-10-31-20-22-11-14(2)12-23-20/h4-7,11-13,26H,3,8-10H2,1-2H3,(H,24,25,27)/i4D,5D,6D,7D,9D2,10D2,11D,12D. The van der Waals surface area contributed by atoms with Crippen LogP contribution >= 0.6 is 15.9 Å². The first-order chi connectivity index (χ1) is 19.3. The molecule has 3 rings (SSSR count). The molecule has 2 heterocycles. The number of benzene rings is 1. The average molecular weight is 533 g/mol. The minimum Gasteiger partial charge on any atom is -0.473 e. The lowest BCUT2D eigenvalue weighted by atomic mass is 10.1. The SMILES string of the molecule is [2H]c1nc(OC([2H])([2H])C([2H])([2H])Oc2ncnc(NS(=O)(=O)NCCC)c2-c2c([2H])c([2H])c(Br)c([2H])c2[2H])nc([2H])c1C. The molecule has 0 unspecified atom stereocenters. The summed E-state index contributed by atoms with van der Waals surface area (Å²) >= 11 is 2.96. The summed E-state index contributed by atoms with van der Waals surface area (Å²) in [7, 11) is -4.34. The molecule has 0 atom stereocenters. The van der Waals surface area contributed by atoms with Gasteiger partial charge < -0.3 is 9.47 Å². The molecule has 170 valence electrons. The van der Waals surface area contributed by atoms with Crippen LogP contribution in [0.1, 0.15) is 32.6 Å². The van der Waals surface area contributed by atoms with Crippen LogP contribution < -0.4 is 18.9 Å². The molecule has 12 heteroatoms. The van der Waals surface area contributed by atoms with Crippen molar-refractivity contribution in [3.05, 3.63) is 52.9 Å². The molecule has 0 fully saturated rings. The number of halogens is 1. The Bertz CT molecular complexity index is 1580. The Hall–Kier alpha value is -2.83. The summed E-state index contributed by atoms with van der Waals surface area (Å²) in [4.78, 5) is 14.8. The lowest BCUT2D eigenvalue weighted by Crippen LogP contribution is -2.31. The van der Waals surface area contributed by atoms with Crippen molar-refractivity contribution in [3.8, 4) is 23.0 Å². The van der Waals surface area contributed by atoms with Gasteiger partial charge in [-0.1, -0.05) is 34.9 Å². The molecular weight excluding hydrogens is 500 g/mol. The number of aromatic nitrogens is 4. The average Bonchev–Trinajstić information content (AvgIpc) is 2.89. The van der Waals surface area contributed by atoms with Gasteiger partial charge in [-0.2, -0.15) is 13.1 Å². The molecule has 0 saturated carbocycles. The van der Waals surface area contributed by atoms with Crippen LogP contribution in [-0.4, -0.2) is 48.0 Å². The second kappa shape index (κ2) is 11.2. The Labute approximate surface area is 209 Å². The van der Waals surface area contributed by atoms with Gasteiger partial charge in [-0.3, -0.25) is 4.72 Å². The summed E-state index contributed by atoms with van der Waals surface area (Å²) in [6.45, 7) is -3.86. The van der Waals surface area contributed by atoms with E-state index in [1.165, 1.54) is 6.92 Å². The van der Waals surface area contributed by atoms with Gasteiger partial charge in [0, 0.05) is 23.4 Å². The van der Waals surface area contributed by atoms with Crippen LogP contribution in [0.25, 0.3) is 11.1 Å². The highest BCUT2D eigenvalue weighted by Gasteiger charge is 2.19. The number of anilines is 1. The molecule has 0 aliphatic heterocycles. The molecular formula is C20H23BrN6O4S. The van der Waals surface area contributed by atoms with Crippen LogP contribution in [0.2, 0.25) is 0 Å². The Morgan fingerprint density at radius 3 is 2.47 bits per heavy atom. The van der Waals surface area contributed by atoms with Gasteiger partial charge >= 0.3 is 6.01 Å². The summed E-state index contributed by atoms with van der Waals surface area (Å²) in [6, 6.07) is -3.41. The predicted octanol–water partition coefficient (Wildman–Crippen LogP) is 3.12. The fourth-order valence-electron chi connectivity index (χ4n) is 2.07. The van der Waals surface area contributed by atoms with E-state index in [1.54, 1.807) is 6.92 Å². The Morgan fingerprint density at radius 2 is 1.78 bits per heavy atom. The fourth-order valence-corrected chi connectivity index (χ4v) is 3.22. The summed E-state index contributed by atoms with van der Waals surface area (Å²) in [5, 5.41) is 0. The third-order valence-electron chi connectivity index (χ3n) is 3.40. The molecule has 0 aliphatic rings. The summed E-state index contributed by atoms with van der Waals surface area (Å²) in [6.07, 6.45) is 0.223. The van der Waals surface area contributed by atoms with E-state index in [4.69, 9.17) is 23.2 Å². The van der Waals surface area contributed by atoms with E-state index < -0.39 is 88.7 Å². The number of nitrogens with zero attached hydrogens (tertiary/aromatic N) is 4. The van der Waals surface area contributed by atoms with Crippen molar-refractivity contribution < 1.29 is 31.6 Å². The molecule has 10 nitrogen and oxygen atoms in total. The quantitative estimate of drug-likeness (QED) is 0.385. The van der Waals surface area contributed by atoms with Crippen molar-refractivity contribution in [2.24, 2.45) is 0 Å². The molecule has 2 aromatic heterocycles. The zero-order valence-corrected chi connectivity index (χ0v) is 19.1. The van der Waals surface area contributed by atoms with Gasteiger partial charge in [0.15, 0.2) is 5.82 Å². The van der Waals surface area contributed by atoms with Crippen molar-refractivity contribution >= 4 is 32.0 Å². The van der Waals surface area contributed by atoms with E-state index >= 15 is 0 Å². The van der Waals surface area contributed by atoms with Crippen molar-refractivity contribution in [2.75, 3.05) is 24.4 Å². The van der Waals surface area contributed by atoms with E-state index in [0.717, 1.165) is 6.33 Å². The monoisotopic (exact) mass is 532 g/mol. The Morgan fingerprint density at radius 1 is 1.09 bits per heavy atom. The van der Waals surface area contributed by atoms with Crippen molar-refractivity contribution in [2.45, 2.75) is 20.3 Å². The van der Waals surface area contributed by atoms with Crippen LogP contribution in [-0.2, 0) is 10.2 Å². The van der Waals surface area contributed by atoms with E-state index in [0.29, 0.717) is 6.42 Å². The highest BCUT2D eigenvalue weighted by atomic mass is 79.9. The number of nitrogens with one attached hydrogen (secondary N) is 2. The minimum atomic E-state index is -4.34. The molecule has 0 bridgehead atoms. The van der Waals surface area contributed by atoms with Gasteiger partial charge in [-0.15, -0.1) is 0 Å². The Kier molecular flexibility index (Phi) is 4.76. The lowest BCUT2D eigenvalue weighted by Gasteiger charge is -2.15. The number of rotatable bonds is 11. The van der Waals surface area contributed by atoms with Crippen LogP contribution in [0.15, 0.2) is 47.3 Å². The molecule has 0 aliphatic carbocycles. The van der Waals surface area contributed by atoms with E-state index in [2.05, 4.69) is 45.3 Å². The fraction of sp³-hybridized carbons (Fsp3) is 0.300. The summed E-state index contributed by atoms with van der Waals surface area (Å²) < 4.78 is 121. The zero-order chi connectivity index (χ0) is 31.8. The maximum absolute atomic E-state index is 12.6. The van der Waals surface area contributed by atoms with Gasteiger partial charge in [-0.05, 0) is 36.6 Å². The van der Waals surface area contributed by atoms with Crippen molar-refractivity contribution in [1.29, 1.82) is 0 Å². The second-order valence-corrected chi connectivity index (χ2v) is 8.15. The second-order valence-electron chi connectivity index (χ2n) is 5.85. The number of hydrogen-bond acceptors (Lipinski definition) is 8. The lowest BCUT2D eigenvalue weighted by molar-refractivity contribution is 0.202. The van der Waals surface area contributed by atoms with Crippen LogP contribution in [0.4, 0.5) is 5.82 Å². The van der Waals surface area contributed by atoms with Crippen LogP contribution in [0.5, 0.6) is 11.9 Å². The first-order valence-electron chi connectivity index (χ1n) is 13.9. The van der Waals surface area contributed by atoms with E-state index in [-0.39, 0.29) is 16.6 Å². The molecule has 0 saturated heterocycles. The third-order valence-corrected chi connectivity index (χ3v) is 4.84. The first kappa shape index (κ1) is 13.7. The largest absolute Gasteiger partial charge is 0.473 e. The van der Waals surface area contributed by atoms with Gasteiger partial charge in [0.05, 0.1) is 19.3 Å². The molecule has 1 aromatic carbocycles. The maximum atomic E-state index is 12.6. The van der Waals surface area contributed by atoms with E-state index in [1.807, 2.05) is 0 Å². The highest BCUT2D eigenvalue weighted by Crippen LogP contribution is 2.34. The molecule has 0 spiro atoms. The topological polar surface area (TPSA) is 128 Å².